The number of benzene rings is 1. The number of ether oxygens (including phenoxy) is 2. The lowest BCUT2D eigenvalue weighted by atomic mass is 10.2. The van der Waals surface area contributed by atoms with Crippen molar-refractivity contribution in [2.24, 2.45) is 5.10 Å². The van der Waals surface area contributed by atoms with Gasteiger partial charge in [-0.1, -0.05) is 35.9 Å². The van der Waals surface area contributed by atoms with Crippen LogP contribution in [-0.2, 0) is 11.2 Å². The summed E-state index contributed by atoms with van der Waals surface area (Å²) in [6.45, 7) is 5.58. The quantitative estimate of drug-likeness (QED) is 0.431. The van der Waals surface area contributed by atoms with Gasteiger partial charge in [0.1, 0.15) is 5.82 Å². The van der Waals surface area contributed by atoms with Crippen LogP contribution >= 0.6 is 0 Å². The van der Waals surface area contributed by atoms with Gasteiger partial charge in [-0.05, 0) is 31.0 Å². The Morgan fingerprint density at radius 2 is 2.09 bits per heavy atom. The number of pyridine rings is 1. The Bertz CT molecular complexity index is 1020. The summed E-state index contributed by atoms with van der Waals surface area (Å²) in [7, 11) is 0. The molecule has 1 saturated heterocycles. The van der Waals surface area contributed by atoms with Crippen molar-refractivity contribution in [3.05, 3.63) is 71.5 Å². The van der Waals surface area contributed by atoms with Crippen LogP contribution in [0.2, 0.25) is 0 Å². The van der Waals surface area contributed by atoms with E-state index in [1.807, 2.05) is 36.4 Å². The van der Waals surface area contributed by atoms with Crippen LogP contribution in [0, 0.1) is 6.92 Å². The highest BCUT2D eigenvalue weighted by Gasteiger charge is 2.15. The largest absolute Gasteiger partial charge is 0.463 e. The van der Waals surface area contributed by atoms with Gasteiger partial charge in [0.05, 0.1) is 19.4 Å². The van der Waals surface area contributed by atoms with Crippen molar-refractivity contribution in [3.63, 3.8) is 0 Å². The average Bonchev–Trinajstić information content (AvgIpc) is 3.10. The number of rotatable bonds is 8. The fraction of sp³-hybridized carbons (Fsp3) is 0.333. The van der Waals surface area contributed by atoms with Crippen LogP contribution < -0.4 is 15.1 Å². The fourth-order valence-electron chi connectivity index (χ4n) is 3.39. The zero-order valence-corrected chi connectivity index (χ0v) is 18.3. The number of nitrogens with zero attached hydrogens (tertiary/aromatic N) is 5. The van der Waals surface area contributed by atoms with E-state index in [2.05, 4.69) is 49.4 Å². The number of hydrogen-bond donors (Lipinski definition) is 1. The molecule has 1 aliphatic heterocycles. The minimum absolute atomic E-state index is 0.317. The number of hydrazone groups is 1. The third kappa shape index (κ3) is 6.49. The summed E-state index contributed by atoms with van der Waals surface area (Å²) in [4.78, 5) is 15.6. The van der Waals surface area contributed by atoms with Gasteiger partial charge in [-0.25, -0.2) is 0 Å². The molecule has 1 aromatic carbocycles. The molecular formula is C24H28N6O2. The molecule has 0 atom stereocenters. The van der Waals surface area contributed by atoms with E-state index in [0.29, 0.717) is 31.5 Å². The summed E-state index contributed by atoms with van der Waals surface area (Å²) < 4.78 is 11.5. The van der Waals surface area contributed by atoms with Crippen molar-refractivity contribution in [1.29, 1.82) is 0 Å². The van der Waals surface area contributed by atoms with Crippen LogP contribution in [-0.4, -0.2) is 54.1 Å². The third-order valence-corrected chi connectivity index (χ3v) is 4.99. The Hall–Kier alpha value is -3.52. The van der Waals surface area contributed by atoms with Crippen molar-refractivity contribution in [2.75, 3.05) is 43.2 Å². The van der Waals surface area contributed by atoms with E-state index in [4.69, 9.17) is 9.47 Å². The summed E-state index contributed by atoms with van der Waals surface area (Å²) >= 11 is 0. The third-order valence-electron chi connectivity index (χ3n) is 4.99. The van der Waals surface area contributed by atoms with E-state index in [1.54, 1.807) is 12.4 Å². The van der Waals surface area contributed by atoms with Gasteiger partial charge in [0.25, 0.3) is 0 Å². The van der Waals surface area contributed by atoms with E-state index >= 15 is 0 Å². The molecular weight excluding hydrogens is 404 g/mol. The first kappa shape index (κ1) is 21.7. The van der Waals surface area contributed by atoms with Crippen molar-refractivity contribution in [3.8, 4) is 6.01 Å². The first-order chi connectivity index (χ1) is 15.8. The minimum atomic E-state index is 0.317. The molecule has 32 heavy (non-hydrogen) atoms. The first-order valence-electron chi connectivity index (χ1n) is 10.9. The molecule has 0 radical (unpaired) electrons. The monoisotopic (exact) mass is 432 g/mol. The Kier molecular flexibility index (Phi) is 7.60. The molecule has 8 nitrogen and oxygen atoms in total. The summed E-state index contributed by atoms with van der Waals surface area (Å²) in [6, 6.07) is 16.2. The van der Waals surface area contributed by atoms with Gasteiger partial charge in [-0.3, -0.25) is 10.4 Å². The van der Waals surface area contributed by atoms with Gasteiger partial charge in [0.2, 0.25) is 0 Å². The fourth-order valence-corrected chi connectivity index (χ4v) is 3.39. The second-order valence-corrected chi connectivity index (χ2v) is 7.55. The van der Waals surface area contributed by atoms with E-state index in [1.165, 1.54) is 5.56 Å². The van der Waals surface area contributed by atoms with Crippen LogP contribution in [0.4, 0.5) is 11.6 Å². The zero-order valence-electron chi connectivity index (χ0n) is 18.3. The molecule has 0 aliphatic carbocycles. The summed E-state index contributed by atoms with van der Waals surface area (Å²) in [6.07, 6.45) is 5.19. The Morgan fingerprint density at radius 3 is 2.97 bits per heavy atom. The van der Waals surface area contributed by atoms with Crippen molar-refractivity contribution in [1.82, 2.24) is 15.0 Å². The molecule has 1 N–H and O–H groups in total. The summed E-state index contributed by atoms with van der Waals surface area (Å²) in [5, 5.41) is 4.35. The standard InChI is InChI=1S/C24H28N6O2/c1-19-6-4-7-20(16-19)18-26-29-22-17-23(30-11-5-13-31-15-12-30)28-24(27-22)32-14-9-21-8-2-3-10-25-21/h2-4,6-8,10,16-18H,5,9,11-15H2,1H3,(H,27,28,29)/b26-18+. The second kappa shape index (κ2) is 11.2. The maximum atomic E-state index is 5.88. The molecule has 166 valence electrons. The SMILES string of the molecule is Cc1cccc(/C=N/Nc2cc(N3CCCOCC3)nc(OCCc3ccccn3)n2)c1. The van der Waals surface area contributed by atoms with Gasteiger partial charge in [-0.15, -0.1) is 0 Å². The molecule has 2 aromatic heterocycles. The molecule has 1 aliphatic rings. The lowest BCUT2D eigenvalue weighted by Crippen LogP contribution is -2.27. The van der Waals surface area contributed by atoms with Crippen LogP contribution in [0.15, 0.2) is 59.8 Å². The molecule has 0 bridgehead atoms. The lowest BCUT2D eigenvalue weighted by Gasteiger charge is -2.21. The number of nitrogens with one attached hydrogen (secondary N) is 1. The highest BCUT2D eigenvalue weighted by atomic mass is 16.5. The zero-order chi connectivity index (χ0) is 22.0. The summed E-state index contributed by atoms with van der Waals surface area (Å²) in [5.74, 6) is 1.38. The van der Waals surface area contributed by atoms with E-state index < -0.39 is 0 Å². The predicted octanol–water partition coefficient (Wildman–Crippen LogP) is 3.47. The Balaban J connectivity index is 1.48. The van der Waals surface area contributed by atoms with Crippen molar-refractivity contribution >= 4 is 17.9 Å². The molecule has 3 aromatic rings. The van der Waals surface area contributed by atoms with Crippen molar-refractivity contribution < 1.29 is 9.47 Å². The average molecular weight is 433 g/mol. The van der Waals surface area contributed by atoms with Crippen LogP contribution in [0.25, 0.3) is 0 Å². The maximum Gasteiger partial charge on any atom is 0.320 e. The minimum Gasteiger partial charge on any atom is -0.463 e. The van der Waals surface area contributed by atoms with Gasteiger partial charge in [0.15, 0.2) is 5.82 Å². The number of anilines is 2. The smallest absolute Gasteiger partial charge is 0.320 e. The van der Waals surface area contributed by atoms with E-state index in [-0.39, 0.29) is 0 Å². The van der Waals surface area contributed by atoms with E-state index in [9.17, 15) is 0 Å². The molecule has 0 unspecified atom stereocenters. The van der Waals surface area contributed by atoms with E-state index in [0.717, 1.165) is 43.2 Å². The molecule has 4 rings (SSSR count). The maximum absolute atomic E-state index is 5.88. The number of hydrogen-bond acceptors (Lipinski definition) is 8. The molecule has 0 spiro atoms. The van der Waals surface area contributed by atoms with Gasteiger partial charge in [-0.2, -0.15) is 15.1 Å². The highest BCUT2D eigenvalue weighted by Crippen LogP contribution is 2.21. The van der Waals surface area contributed by atoms with Crippen LogP contribution in [0.1, 0.15) is 23.2 Å². The Morgan fingerprint density at radius 1 is 1.12 bits per heavy atom. The van der Waals surface area contributed by atoms with Gasteiger partial charge in [0, 0.05) is 44.1 Å². The lowest BCUT2D eigenvalue weighted by molar-refractivity contribution is 0.152. The topological polar surface area (TPSA) is 84.8 Å². The Labute approximate surface area is 188 Å². The molecule has 3 heterocycles. The van der Waals surface area contributed by atoms with Gasteiger partial charge >= 0.3 is 6.01 Å². The normalized spacial score (nSPS) is 14.3. The second-order valence-electron chi connectivity index (χ2n) is 7.55. The number of aromatic nitrogens is 3. The van der Waals surface area contributed by atoms with Gasteiger partial charge < -0.3 is 14.4 Å². The first-order valence-corrected chi connectivity index (χ1v) is 10.9. The molecule has 0 saturated carbocycles. The molecule has 0 amide bonds. The predicted molar refractivity (Wildman–Crippen MR) is 126 cm³/mol. The number of aryl methyl sites for hydroxylation is 1. The molecule has 1 fully saturated rings. The highest BCUT2D eigenvalue weighted by molar-refractivity contribution is 5.80. The van der Waals surface area contributed by atoms with Crippen molar-refractivity contribution in [2.45, 2.75) is 19.8 Å². The molecule has 8 heteroatoms. The van der Waals surface area contributed by atoms with Crippen LogP contribution in [0.5, 0.6) is 6.01 Å². The summed E-state index contributed by atoms with van der Waals surface area (Å²) in [5.41, 5.74) is 6.19. The van der Waals surface area contributed by atoms with Crippen LogP contribution in [0.3, 0.4) is 0 Å².